The van der Waals surface area contributed by atoms with Crippen molar-refractivity contribution in [1.29, 1.82) is 0 Å². The van der Waals surface area contributed by atoms with Gasteiger partial charge < -0.3 is 14.5 Å². The number of carbonyl (C=O) groups excluding carboxylic acids is 2. The van der Waals surface area contributed by atoms with Gasteiger partial charge in [0.05, 0.1) is 18.3 Å². The van der Waals surface area contributed by atoms with Gasteiger partial charge in [0.15, 0.2) is 0 Å². The maximum Gasteiger partial charge on any atom is 0.357 e. The second kappa shape index (κ2) is 12.5. The van der Waals surface area contributed by atoms with Gasteiger partial charge >= 0.3 is 17.6 Å². The van der Waals surface area contributed by atoms with Crippen molar-refractivity contribution in [2.75, 3.05) is 6.54 Å². The summed E-state index contributed by atoms with van der Waals surface area (Å²) in [6.07, 6.45) is 2.34. The molecule has 1 aliphatic heterocycles. The number of aromatic amines is 1. The van der Waals surface area contributed by atoms with E-state index in [9.17, 15) is 9.59 Å². The lowest BCUT2D eigenvalue weighted by molar-refractivity contribution is -0.179. The van der Waals surface area contributed by atoms with Crippen LogP contribution in [-0.2, 0) is 38.7 Å². The summed E-state index contributed by atoms with van der Waals surface area (Å²) in [5.74, 6) is -2.57. The van der Waals surface area contributed by atoms with Gasteiger partial charge in [0, 0.05) is 28.8 Å². The Morgan fingerprint density at radius 1 is 0.909 bits per heavy atom. The monoisotopic (exact) mass is 589 g/mol. The topological polar surface area (TPSA) is 84.5 Å². The predicted molar refractivity (Wildman–Crippen MR) is 169 cm³/mol. The summed E-state index contributed by atoms with van der Waals surface area (Å²) in [5.41, 5.74) is 2.83. The summed E-state index contributed by atoms with van der Waals surface area (Å²) >= 11 is 0. The van der Waals surface area contributed by atoms with Crippen molar-refractivity contribution >= 4 is 36.2 Å². The Morgan fingerprint density at radius 2 is 1.50 bits per heavy atom. The fourth-order valence-electron chi connectivity index (χ4n) is 5.85. The van der Waals surface area contributed by atoms with E-state index in [-0.39, 0.29) is 19.3 Å². The second-order valence-corrected chi connectivity index (χ2v) is 11.4. The molecule has 0 bridgehead atoms. The van der Waals surface area contributed by atoms with Crippen LogP contribution in [0.25, 0.3) is 10.9 Å². The number of carbonyl (C=O) groups is 2. The van der Waals surface area contributed by atoms with Crippen LogP contribution >= 0.6 is 0 Å². The van der Waals surface area contributed by atoms with E-state index in [1.54, 1.807) is 54.7 Å². The van der Waals surface area contributed by atoms with Crippen LogP contribution in [0.4, 0.5) is 4.39 Å². The molecule has 3 aromatic carbocycles. The molecule has 0 unspecified atom stereocenters. The van der Waals surface area contributed by atoms with Crippen LogP contribution in [0.1, 0.15) is 41.0 Å². The van der Waals surface area contributed by atoms with E-state index in [0.717, 1.165) is 27.6 Å². The molecule has 7 nitrogen and oxygen atoms in total. The van der Waals surface area contributed by atoms with E-state index in [1.807, 2.05) is 62.1 Å². The molecule has 0 fully saturated rings. The van der Waals surface area contributed by atoms with Crippen molar-refractivity contribution in [2.45, 2.75) is 44.3 Å². The Morgan fingerprint density at radius 3 is 2.09 bits per heavy atom. The number of halogens is 1. The van der Waals surface area contributed by atoms with Gasteiger partial charge in [-0.1, -0.05) is 90.4 Å². The summed E-state index contributed by atoms with van der Waals surface area (Å²) in [5, 5.41) is 1.09. The second-order valence-electron chi connectivity index (χ2n) is 11.4. The maximum atomic E-state index is 17.3. The highest BCUT2D eigenvalue weighted by Crippen LogP contribution is 2.41. The van der Waals surface area contributed by atoms with Crippen molar-refractivity contribution in [2.24, 2.45) is 0 Å². The summed E-state index contributed by atoms with van der Waals surface area (Å²) in [7, 11) is 1.95. The summed E-state index contributed by atoms with van der Waals surface area (Å²) in [4.78, 5) is 37.3. The van der Waals surface area contributed by atoms with E-state index in [1.165, 1.54) is 0 Å². The molecule has 2 atom stereocenters. The average Bonchev–Trinajstić information content (AvgIpc) is 3.42. The van der Waals surface area contributed by atoms with Crippen LogP contribution in [0.3, 0.4) is 0 Å². The number of nitrogens with one attached hydrogen (secondary N) is 1. The van der Waals surface area contributed by atoms with Crippen LogP contribution in [0, 0.1) is 0 Å². The highest BCUT2D eigenvalue weighted by Gasteiger charge is 2.54. The zero-order chi connectivity index (χ0) is 30.7. The third kappa shape index (κ3) is 5.88. The third-order valence-corrected chi connectivity index (χ3v) is 8.20. The average molecular weight is 589 g/mol. The Labute approximate surface area is 256 Å². The smallest absolute Gasteiger partial charge is 0.357 e. The first-order valence-electron chi connectivity index (χ1n) is 14.7. The minimum absolute atomic E-state index is 0.179. The number of rotatable bonds is 9. The fourth-order valence-corrected chi connectivity index (χ4v) is 5.85. The van der Waals surface area contributed by atoms with Crippen molar-refractivity contribution < 1.29 is 23.5 Å². The molecule has 0 radical (unpaired) electrons. The van der Waals surface area contributed by atoms with Crippen LogP contribution in [-0.4, -0.2) is 52.9 Å². The molecule has 1 aliphatic rings. The molecule has 0 saturated heterocycles. The van der Waals surface area contributed by atoms with Gasteiger partial charge in [-0.2, -0.15) is 0 Å². The summed E-state index contributed by atoms with van der Waals surface area (Å²) in [6, 6.07) is 29.0. The number of benzene rings is 3. The number of alkyl halides is 1. The number of para-hydroxylation sites is 1. The quantitative estimate of drug-likeness (QED) is 0.156. The van der Waals surface area contributed by atoms with E-state index < -0.39 is 30.2 Å². The first-order valence-corrected chi connectivity index (χ1v) is 14.7. The molecule has 0 saturated carbocycles. The molecule has 5 aromatic rings. The number of ether oxygens (including phenoxy) is 2. The zero-order valence-electron chi connectivity index (χ0n) is 24.7. The van der Waals surface area contributed by atoms with Crippen molar-refractivity contribution in [3.05, 3.63) is 131 Å². The van der Waals surface area contributed by atoms with E-state index in [2.05, 4.69) is 11.1 Å². The maximum absolute atomic E-state index is 17.3. The first kappa shape index (κ1) is 29.3. The molecule has 3 heterocycles. The molecule has 6 rings (SSSR count). The molecular weight excluding hydrogens is 556 g/mol. The molecule has 44 heavy (non-hydrogen) atoms. The molecule has 9 heteroatoms. The third-order valence-electron chi connectivity index (χ3n) is 8.20. The first-order chi connectivity index (χ1) is 21.3. The summed E-state index contributed by atoms with van der Waals surface area (Å²) in [6.45, 7) is 1.03. The highest BCUT2D eigenvalue weighted by molar-refractivity contribution is 6.32. The number of nitrogens with zero attached hydrogens (tertiary/aromatic N) is 2. The Balaban J connectivity index is 1.37. The van der Waals surface area contributed by atoms with E-state index in [0.29, 0.717) is 23.2 Å². The van der Waals surface area contributed by atoms with Crippen molar-refractivity contribution in [1.82, 2.24) is 14.9 Å². The van der Waals surface area contributed by atoms with Gasteiger partial charge in [0.1, 0.15) is 21.1 Å². The van der Waals surface area contributed by atoms with E-state index in [4.69, 9.17) is 14.5 Å². The lowest BCUT2D eigenvalue weighted by atomic mass is 9.88. The SMILES string of the molecule is Bc1ccc([C@@H]2c3[nH]c4ccccc4c3C[C@@H](C)N2CC(F)(C(=O)OCc2ccccc2)C(=O)OCc2ccccc2)nc1. The molecule has 222 valence electrons. The molecule has 0 amide bonds. The minimum atomic E-state index is -3.11. The normalized spacial score (nSPS) is 16.8. The Kier molecular flexibility index (Phi) is 8.31. The lowest BCUT2D eigenvalue weighted by Crippen LogP contribution is -2.57. The Bertz CT molecular complexity index is 1710. The largest absolute Gasteiger partial charge is 0.458 e. The number of aromatic nitrogens is 2. The van der Waals surface area contributed by atoms with E-state index >= 15 is 4.39 Å². The summed E-state index contributed by atoms with van der Waals surface area (Å²) < 4.78 is 28.2. The van der Waals surface area contributed by atoms with Crippen molar-refractivity contribution in [3.63, 3.8) is 0 Å². The molecule has 2 aromatic heterocycles. The van der Waals surface area contributed by atoms with Gasteiger partial charge in [-0.25, -0.2) is 14.0 Å². The number of pyridine rings is 1. The molecule has 1 N–H and O–H groups in total. The number of hydrogen-bond donors (Lipinski definition) is 1. The number of hydrogen-bond acceptors (Lipinski definition) is 6. The van der Waals surface area contributed by atoms with Gasteiger partial charge in [-0.05, 0) is 42.2 Å². The van der Waals surface area contributed by atoms with Crippen LogP contribution in [0.5, 0.6) is 0 Å². The van der Waals surface area contributed by atoms with Crippen LogP contribution in [0.15, 0.2) is 103 Å². The molecule has 0 aliphatic carbocycles. The lowest BCUT2D eigenvalue weighted by Gasteiger charge is -2.42. The number of H-pyrrole nitrogens is 1. The van der Waals surface area contributed by atoms with Crippen LogP contribution in [0.2, 0.25) is 0 Å². The minimum Gasteiger partial charge on any atom is -0.458 e. The molecular formula is C35H33BFN3O4. The predicted octanol–water partition coefficient (Wildman–Crippen LogP) is 4.35. The number of fused-ring (bicyclic) bond motifs is 3. The van der Waals surface area contributed by atoms with Gasteiger partial charge in [0.2, 0.25) is 0 Å². The highest BCUT2D eigenvalue weighted by atomic mass is 19.1. The Hall–Kier alpha value is -4.76. The van der Waals surface area contributed by atoms with Gasteiger partial charge in [0.25, 0.3) is 0 Å². The van der Waals surface area contributed by atoms with Crippen LogP contribution < -0.4 is 5.46 Å². The standard InChI is InChI=1S/C35H33BFN3O4/c1-23-18-28-27-14-8-9-15-29(27)39-31(28)32(30-17-16-26(36)19-38-30)40(23)22-35(37,33(41)43-20-24-10-4-2-5-11-24)34(42)44-21-25-12-6-3-7-13-25/h2-17,19,23,32,39H,18,20-22,36H2,1H3/t23-,32-/m1/s1. The van der Waals surface area contributed by atoms with Gasteiger partial charge in [-0.3, -0.25) is 9.88 Å². The molecule has 0 spiro atoms. The fraction of sp³-hybridized carbons (Fsp3) is 0.229. The van der Waals surface area contributed by atoms with Gasteiger partial charge in [-0.15, -0.1) is 0 Å². The zero-order valence-corrected chi connectivity index (χ0v) is 24.7. The number of esters is 2. The van der Waals surface area contributed by atoms with Crippen molar-refractivity contribution in [3.8, 4) is 0 Å².